The SMILES string of the molecule is Cc1sc2ncnc(NCCCC(=O)Nc3cccc4cccnc34)c2c1-c1ccccc1. The van der Waals surface area contributed by atoms with Crippen LogP contribution in [0.15, 0.2) is 73.2 Å². The number of carbonyl (C=O) groups is 1. The monoisotopic (exact) mass is 453 g/mol. The van der Waals surface area contributed by atoms with Crippen LogP contribution in [0.4, 0.5) is 11.5 Å². The van der Waals surface area contributed by atoms with E-state index in [-0.39, 0.29) is 5.91 Å². The molecule has 5 aromatic rings. The molecule has 33 heavy (non-hydrogen) atoms. The minimum absolute atomic E-state index is 0.0286. The van der Waals surface area contributed by atoms with Crippen LogP contribution in [0.2, 0.25) is 0 Å². The third kappa shape index (κ3) is 4.40. The summed E-state index contributed by atoms with van der Waals surface area (Å²) >= 11 is 1.67. The fourth-order valence-corrected chi connectivity index (χ4v) is 5.02. The molecule has 0 fully saturated rings. The number of pyridine rings is 1. The summed E-state index contributed by atoms with van der Waals surface area (Å²) in [6.45, 7) is 2.75. The molecule has 6 nitrogen and oxygen atoms in total. The van der Waals surface area contributed by atoms with Gasteiger partial charge in [0.25, 0.3) is 0 Å². The van der Waals surface area contributed by atoms with E-state index in [1.54, 1.807) is 23.9 Å². The molecule has 0 saturated carbocycles. The molecule has 0 spiro atoms. The highest BCUT2D eigenvalue weighted by molar-refractivity contribution is 7.19. The minimum Gasteiger partial charge on any atom is -0.369 e. The maximum Gasteiger partial charge on any atom is 0.224 e. The summed E-state index contributed by atoms with van der Waals surface area (Å²) in [5, 5.41) is 8.46. The molecule has 1 amide bonds. The van der Waals surface area contributed by atoms with Gasteiger partial charge in [-0.25, -0.2) is 9.97 Å². The number of aryl methyl sites for hydroxylation is 1. The second-order valence-corrected chi connectivity index (χ2v) is 8.96. The summed E-state index contributed by atoms with van der Waals surface area (Å²) in [5.41, 5.74) is 3.86. The number of aromatic nitrogens is 3. The van der Waals surface area contributed by atoms with E-state index in [0.717, 1.165) is 38.2 Å². The van der Waals surface area contributed by atoms with E-state index in [2.05, 4.69) is 44.6 Å². The van der Waals surface area contributed by atoms with Crippen molar-refractivity contribution in [1.82, 2.24) is 15.0 Å². The second-order valence-electron chi connectivity index (χ2n) is 7.76. The van der Waals surface area contributed by atoms with Crippen molar-refractivity contribution in [2.45, 2.75) is 19.8 Å². The van der Waals surface area contributed by atoms with Gasteiger partial charge in [-0.15, -0.1) is 11.3 Å². The lowest BCUT2D eigenvalue weighted by atomic mass is 10.0. The van der Waals surface area contributed by atoms with Gasteiger partial charge < -0.3 is 10.6 Å². The number of rotatable bonds is 7. The van der Waals surface area contributed by atoms with Gasteiger partial charge in [0.2, 0.25) is 5.91 Å². The number of thiophene rings is 1. The van der Waals surface area contributed by atoms with E-state index in [1.807, 2.05) is 48.5 Å². The zero-order chi connectivity index (χ0) is 22.6. The van der Waals surface area contributed by atoms with Crippen molar-refractivity contribution >= 4 is 49.9 Å². The van der Waals surface area contributed by atoms with Crippen molar-refractivity contribution in [3.05, 3.63) is 78.1 Å². The molecule has 164 valence electrons. The molecule has 3 aromatic heterocycles. The number of benzene rings is 2. The van der Waals surface area contributed by atoms with Crippen LogP contribution in [0.3, 0.4) is 0 Å². The van der Waals surface area contributed by atoms with Crippen LogP contribution in [0.5, 0.6) is 0 Å². The highest BCUT2D eigenvalue weighted by Crippen LogP contribution is 2.40. The Kier molecular flexibility index (Phi) is 5.95. The van der Waals surface area contributed by atoms with Crippen LogP contribution in [0, 0.1) is 6.92 Å². The summed E-state index contributed by atoms with van der Waals surface area (Å²) in [7, 11) is 0. The van der Waals surface area contributed by atoms with Crippen molar-refractivity contribution in [1.29, 1.82) is 0 Å². The quantitative estimate of drug-likeness (QED) is 0.293. The average molecular weight is 454 g/mol. The van der Waals surface area contributed by atoms with Gasteiger partial charge in [-0.2, -0.15) is 0 Å². The lowest BCUT2D eigenvalue weighted by molar-refractivity contribution is -0.116. The lowest BCUT2D eigenvalue weighted by Gasteiger charge is -2.10. The van der Waals surface area contributed by atoms with Crippen LogP contribution < -0.4 is 10.6 Å². The van der Waals surface area contributed by atoms with Gasteiger partial charge in [0.1, 0.15) is 17.0 Å². The first-order valence-corrected chi connectivity index (χ1v) is 11.7. The van der Waals surface area contributed by atoms with Crippen LogP contribution >= 0.6 is 11.3 Å². The molecule has 0 unspecified atom stereocenters. The third-order valence-corrected chi connectivity index (χ3v) is 6.52. The molecule has 3 heterocycles. The van der Waals surface area contributed by atoms with E-state index < -0.39 is 0 Å². The maximum absolute atomic E-state index is 12.5. The van der Waals surface area contributed by atoms with Gasteiger partial charge in [-0.1, -0.05) is 48.5 Å². The first-order chi connectivity index (χ1) is 16.2. The molecule has 2 N–H and O–H groups in total. The Hall–Kier alpha value is -3.84. The summed E-state index contributed by atoms with van der Waals surface area (Å²) in [6, 6.07) is 20.0. The number of amides is 1. The molecular weight excluding hydrogens is 430 g/mol. The zero-order valence-electron chi connectivity index (χ0n) is 18.2. The van der Waals surface area contributed by atoms with E-state index in [1.165, 1.54) is 10.4 Å². The summed E-state index contributed by atoms with van der Waals surface area (Å²) in [5.74, 6) is 0.779. The molecule has 0 radical (unpaired) electrons. The Morgan fingerprint density at radius 3 is 2.70 bits per heavy atom. The highest BCUT2D eigenvalue weighted by Gasteiger charge is 2.16. The van der Waals surface area contributed by atoms with Crippen LogP contribution in [0.1, 0.15) is 17.7 Å². The van der Waals surface area contributed by atoms with Gasteiger partial charge in [-0.3, -0.25) is 9.78 Å². The van der Waals surface area contributed by atoms with Crippen molar-refractivity contribution in [3.63, 3.8) is 0 Å². The van der Waals surface area contributed by atoms with Crippen molar-refractivity contribution in [3.8, 4) is 11.1 Å². The van der Waals surface area contributed by atoms with Crippen LogP contribution in [0.25, 0.3) is 32.2 Å². The molecule has 5 rings (SSSR count). The summed E-state index contributed by atoms with van der Waals surface area (Å²) in [4.78, 5) is 28.1. The highest BCUT2D eigenvalue weighted by atomic mass is 32.1. The fourth-order valence-electron chi connectivity index (χ4n) is 4.00. The van der Waals surface area contributed by atoms with Crippen LogP contribution in [-0.4, -0.2) is 27.4 Å². The fraction of sp³-hybridized carbons (Fsp3) is 0.154. The number of carbonyl (C=O) groups excluding carboxylic acids is 1. The normalized spacial score (nSPS) is 11.1. The number of hydrogen-bond acceptors (Lipinski definition) is 6. The number of nitrogens with one attached hydrogen (secondary N) is 2. The standard InChI is InChI=1S/C26H23N5OS/c1-17-22(18-8-3-2-4-9-18)23-25(29-16-30-26(23)33-17)28-15-7-13-21(32)31-20-12-5-10-19-11-6-14-27-24(19)20/h2-6,8-12,14,16H,7,13,15H2,1H3,(H,31,32)(H,28,29,30). The third-order valence-electron chi connectivity index (χ3n) is 5.51. The summed E-state index contributed by atoms with van der Waals surface area (Å²) in [6.07, 6.45) is 4.41. The van der Waals surface area contributed by atoms with E-state index in [0.29, 0.717) is 19.4 Å². The van der Waals surface area contributed by atoms with Gasteiger partial charge in [0.05, 0.1) is 16.6 Å². The number of para-hydroxylation sites is 1. The molecule has 0 saturated heterocycles. The van der Waals surface area contributed by atoms with Crippen LogP contribution in [-0.2, 0) is 4.79 Å². The molecule has 0 aliphatic heterocycles. The van der Waals surface area contributed by atoms with E-state index >= 15 is 0 Å². The Morgan fingerprint density at radius 1 is 0.970 bits per heavy atom. The molecule has 2 aromatic carbocycles. The Labute approximate surface area is 195 Å². The lowest BCUT2D eigenvalue weighted by Crippen LogP contribution is -2.14. The molecule has 7 heteroatoms. The van der Waals surface area contributed by atoms with Gasteiger partial charge in [0.15, 0.2) is 0 Å². The van der Waals surface area contributed by atoms with Gasteiger partial charge in [-0.05, 0) is 31.0 Å². The van der Waals surface area contributed by atoms with Crippen molar-refractivity contribution in [2.24, 2.45) is 0 Å². The predicted molar refractivity (Wildman–Crippen MR) is 136 cm³/mol. The van der Waals surface area contributed by atoms with Gasteiger partial charge in [0, 0.05) is 35.0 Å². The van der Waals surface area contributed by atoms with Gasteiger partial charge >= 0.3 is 0 Å². The summed E-state index contributed by atoms with van der Waals surface area (Å²) < 4.78 is 0. The maximum atomic E-state index is 12.5. The smallest absolute Gasteiger partial charge is 0.224 e. The first kappa shape index (κ1) is 21.0. The first-order valence-electron chi connectivity index (χ1n) is 10.9. The molecule has 0 atom stereocenters. The molecule has 0 bridgehead atoms. The largest absolute Gasteiger partial charge is 0.369 e. The zero-order valence-corrected chi connectivity index (χ0v) is 19.0. The van der Waals surface area contributed by atoms with E-state index in [4.69, 9.17) is 0 Å². The molecule has 0 aliphatic carbocycles. The Morgan fingerprint density at radius 2 is 1.82 bits per heavy atom. The van der Waals surface area contributed by atoms with E-state index in [9.17, 15) is 4.79 Å². The minimum atomic E-state index is -0.0286. The van der Waals surface area contributed by atoms with Crippen molar-refractivity contribution in [2.75, 3.05) is 17.2 Å². The molecule has 0 aliphatic rings. The second kappa shape index (κ2) is 9.34. The Bertz CT molecular complexity index is 1430. The Balaban J connectivity index is 1.26. The predicted octanol–water partition coefficient (Wildman–Crippen LogP) is 6.05. The topological polar surface area (TPSA) is 79.8 Å². The number of fused-ring (bicyclic) bond motifs is 2. The average Bonchev–Trinajstić information content (AvgIpc) is 3.19. The molecular formula is C26H23N5OS. The number of anilines is 2. The number of hydrogen-bond donors (Lipinski definition) is 2. The number of nitrogens with zero attached hydrogens (tertiary/aromatic N) is 3. The van der Waals surface area contributed by atoms with Crippen molar-refractivity contribution < 1.29 is 4.79 Å².